The number of carbonyl (C=O) groups excluding carboxylic acids is 1. The van der Waals surface area contributed by atoms with Crippen LogP contribution in [0, 0.1) is 5.92 Å². The van der Waals surface area contributed by atoms with E-state index in [1.165, 1.54) is 0 Å². The minimum Gasteiger partial charge on any atom is -0.359 e. The van der Waals surface area contributed by atoms with Gasteiger partial charge in [-0.15, -0.1) is 0 Å². The van der Waals surface area contributed by atoms with E-state index < -0.39 is 0 Å². The second-order valence-electron chi connectivity index (χ2n) is 4.78. The Labute approximate surface area is 113 Å². The van der Waals surface area contributed by atoms with Gasteiger partial charge in [-0.05, 0) is 31.0 Å². The fourth-order valence-corrected chi connectivity index (χ4v) is 2.68. The van der Waals surface area contributed by atoms with Crippen molar-refractivity contribution < 1.29 is 4.79 Å². The third-order valence-corrected chi connectivity index (χ3v) is 3.84. The first-order chi connectivity index (χ1) is 8.70. The number of nitrogens with zero attached hydrogens (tertiary/aromatic N) is 1. The van der Waals surface area contributed by atoms with E-state index in [2.05, 4.69) is 10.2 Å². The topological polar surface area (TPSA) is 32.3 Å². The molecule has 1 amide bonds. The molecule has 1 heterocycles. The van der Waals surface area contributed by atoms with Crippen molar-refractivity contribution in [2.45, 2.75) is 19.4 Å². The molecule has 4 heteroatoms. The maximum absolute atomic E-state index is 11.7. The second kappa shape index (κ2) is 6.21. The fourth-order valence-electron chi connectivity index (χ4n) is 2.48. The number of nitrogens with one attached hydrogen (secondary N) is 1. The second-order valence-corrected chi connectivity index (χ2v) is 5.19. The smallest absolute Gasteiger partial charge is 0.224 e. The molecule has 1 aromatic carbocycles. The van der Waals surface area contributed by atoms with Gasteiger partial charge in [0.1, 0.15) is 0 Å². The van der Waals surface area contributed by atoms with Crippen molar-refractivity contribution in [2.75, 3.05) is 20.1 Å². The average molecular weight is 267 g/mol. The van der Waals surface area contributed by atoms with E-state index >= 15 is 0 Å². The van der Waals surface area contributed by atoms with Gasteiger partial charge in [0, 0.05) is 25.2 Å². The summed E-state index contributed by atoms with van der Waals surface area (Å²) in [6.45, 7) is 2.69. The molecule has 18 heavy (non-hydrogen) atoms. The fraction of sp³-hybridized carbons (Fsp3) is 0.500. The van der Waals surface area contributed by atoms with Crippen molar-refractivity contribution in [2.24, 2.45) is 5.92 Å². The summed E-state index contributed by atoms with van der Waals surface area (Å²) in [6, 6.07) is 7.90. The summed E-state index contributed by atoms with van der Waals surface area (Å²) in [5.74, 6) is 0.269. The minimum atomic E-state index is 0.117. The van der Waals surface area contributed by atoms with E-state index in [0.29, 0.717) is 0 Å². The van der Waals surface area contributed by atoms with Crippen molar-refractivity contribution in [1.82, 2.24) is 10.2 Å². The summed E-state index contributed by atoms with van der Waals surface area (Å²) in [4.78, 5) is 14.0. The molecule has 0 bridgehead atoms. The molecular weight excluding hydrogens is 248 g/mol. The van der Waals surface area contributed by atoms with Crippen LogP contribution in [0.1, 0.15) is 18.4 Å². The molecule has 0 spiro atoms. The molecule has 1 aliphatic heterocycles. The highest BCUT2D eigenvalue weighted by Crippen LogP contribution is 2.22. The molecule has 1 fully saturated rings. The molecule has 0 aromatic heterocycles. The third-order valence-electron chi connectivity index (χ3n) is 3.47. The van der Waals surface area contributed by atoms with Crippen LogP contribution in [0.4, 0.5) is 0 Å². The molecule has 98 valence electrons. The summed E-state index contributed by atoms with van der Waals surface area (Å²) >= 11 is 6.16. The van der Waals surface area contributed by atoms with E-state index in [1.54, 1.807) is 7.05 Å². The van der Waals surface area contributed by atoms with E-state index in [4.69, 9.17) is 11.6 Å². The number of amides is 1. The van der Waals surface area contributed by atoms with Gasteiger partial charge in [0.2, 0.25) is 5.91 Å². The first kappa shape index (κ1) is 13.4. The highest BCUT2D eigenvalue weighted by atomic mass is 35.5. The van der Waals surface area contributed by atoms with Crippen LogP contribution in [0.3, 0.4) is 0 Å². The lowest BCUT2D eigenvalue weighted by molar-refractivity contribution is -0.126. The Bertz CT molecular complexity index is 422. The maximum Gasteiger partial charge on any atom is 0.224 e. The third kappa shape index (κ3) is 3.24. The Balaban J connectivity index is 1.98. The number of rotatable bonds is 3. The lowest BCUT2D eigenvalue weighted by atomic mass is 9.97. The van der Waals surface area contributed by atoms with Crippen molar-refractivity contribution >= 4 is 17.5 Å². The van der Waals surface area contributed by atoms with Gasteiger partial charge in [0.15, 0.2) is 0 Å². The zero-order chi connectivity index (χ0) is 13.0. The molecule has 1 aliphatic rings. The SMILES string of the molecule is CNC(=O)C1CCCN(Cc2ccccc2Cl)C1. The van der Waals surface area contributed by atoms with Gasteiger partial charge in [0.25, 0.3) is 0 Å². The van der Waals surface area contributed by atoms with Crippen molar-refractivity contribution in [3.8, 4) is 0 Å². The zero-order valence-corrected chi connectivity index (χ0v) is 11.4. The number of hydrogen-bond acceptors (Lipinski definition) is 2. The lowest BCUT2D eigenvalue weighted by Gasteiger charge is -2.31. The number of piperidine rings is 1. The monoisotopic (exact) mass is 266 g/mol. The Hall–Kier alpha value is -1.06. The molecular formula is C14H19ClN2O. The summed E-state index contributed by atoms with van der Waals surface area (Å²) in [5, 5.41) is 3.54. The van der Waals surface area contributed by atoms with Gasteiger partial charge < -0.3 is 5.32 Å². The molecule has 3 nitrogen and oxygen atoms in total. The van der Waals surface area contributed by atoms with Gasteiger partial charge in [-0.1, -0.05) is 29.8 Å². The Morgan fingerprint density at radius 2 is 2.28 bits per heavy atom. The predicted octanol–water partition coefficient (Wildman–Crippen LogP) is 2.30. The molecule has 1 saturated heterocycles. The molecule has 1 N–H and O–H groups in total. The summed E-state index contributed by atoms with van der Waals surface area (Å²) in [5.41, 5.74) is 1.14. The number of carbonyl (C=O) groups is 1. The van der Waals surface area contributed by atoms with E-state index in [9.17, 15) is 4.79 Å². The highest BCUT2D eigenvalue weighted by Gasteiger charge is 2.25. The molecule has 0 aliphatic carbocycles. The van der Waals surface area contributed by atoms with Gasteiger partial charge in [-0.25, -0.2) is 0 Å². The van der Waals surface area contributed by atoms with Crippen LogP contribution in [0.5, 0.6) is 0 Å². The van der Waals surface area contributed by atoms with Gasteiger partial charge >= 0.3 is 0 Å². The first-order valence-electron chi connectivity index (χ1n) is 6.38. The van der Waals surface area contributed by atoms with Gasteiger partial charge in [-0.3, -0.25) is 9.69 Å². The van der Waals surface area contributed by atoms with Crippen molar-refractivity contribution in [1.29, 1.82) is 0 Å². The van der Waals surface area contributed by atoms with Crippen LogP contribution in [-0.4, -0.2) is 30.9 Å². The van der Waals surface area contributed by atoms with Crippen LogP contribution in [0.25, 0.3) is 0 Å². The van der Waals surface area contributed by atoms with Crippen molar-refractivity contribution in [3.05, 3.63) is 34.9 Å². The van der Waals surface area contributed by atoms with Gasteiger partial charge in [0.05, 0.1) is 5.92 Å². The number of halogens is 1. The minimum absolute atomic E-state index is 0.117. The number of hydrogen-bond donors (Lipinski definition) is 1. The Kier molecular flexibility index (Phi) is 4.61. The Morgan fingerprint density at radius 3 is 3.00 bits per heavy atom. The summed E-state index contributed by atoms with van der Waals surface area (Å²) in [7, 11) is 1.70. The zero-order valence-electron chi connectivity index (χ0n) is 10.7. The summed E-state index contributed by atoms with van der Waals surface area (Å²) in [6.07, 6.45) is 2.06. The number of benzene rings is 1. The van der Waals surface area contributed by atoms with Crippen molar-refractivity contribution in [3.63, 3.8) is 0 Å². The quantitative estimate of drug-likeness (QED) is 0.911. The maximum atomic E-state index is 11.7. The number of likely N-dealkylation sites (tertiary alicyclic amines) is 1. The largest absolute Gasteiger partial charge is 0.359 e. The van der Waals surface area contributed by atoms with Crippen LogP contribution in [0.2, 0.25) is 5.02 Å². The molecule has 1 aromatic rings. The van der Waals surface area contributed by atoms with E-state index in [1.807, 2.05) is 24.3 Å². The summed E-state index contributed by atoms with van der Waals surface area (Å²) < 4.78 is 0. The average Bonchev–Trinajstić information content (AvgIpc) is 2.41. The molecule has 2 rings (SSSR count). The van der Waals surface area contributed by atoms with Gasteiger partial charge in [-0.2, -0.15) is 0 Å². The normalized spacial score (nSPS) is 20.7. The van der Waals surface area contributed by atoms with Crippen LogP contribution < -0.4 is 5.32 Å². The molecule has 1 atom stereocenters. The molecule has 0 saturated carbocycles. The molecule has 0 radical (unpaired) electrons. The van der Waals surface area contributed by atoms with E-state index in [-0.39, 0.29) is 11.8 Å². The lowest BCUT2D eigenvalue weighted by Crippen LogP contribution is -2.41. The standard InChI is InChI=1S/C14H19ClN2O/c1-16-14(18)12-6-4-8-17(10-12)9-11-5-2-3-7-13(11)15/h2-3,5,7,12H,4,6,8-10H2,1H3,(H,16,18). The first-order valence-corrected chi connectivity index (χ1v) is 6.76. The molecule has 1 unspecified atom stereocenters. The predicted molar refractivity (Wildman–Crippen MR) is 73.5 cm³/mol. The Morgan fingerprint density at radius 1 is 1.50 bits per heavy atom. The van der Waals surface area contributed by atoms with Crippen LogP contribution in [-0.2, 0) is 11.3 Å². The highest BCUT2D eigenvalue weighted by molar-refractivity contribution is 6.31. The van der Waals surface area contributed by atoms with Crippen LogP contribution >= 0.6 is 11.6 Å². The van der Waals surface area contributed by atoms with E-state index in [0.717, 1.165) is 43.1 Å². The van der Waals surface area contributed by atoms with Crippen LogP contribution in [0.15, 0.2) is 24.3 Å².